The number of hydrogen-bond acceptors (Lipinski definition) is 9. The Bertz CT molecular complexity index is 1620. The minimum Gasteiger partial charge on any atom is -0.459 e. The zero-order valence-electron chi connectivity index (χ0n) is 30.5. The minimum absolute atomic E-state index is 0.0262. The molecule has 0 saturated carbocycles. The molecule has 2 aliphatic rings. The monoisotopic (exact) mass is 715 g/mol. The fraction of sp³-hybridized carbons (Fsp3) is 0.488. The molecule has 4 N–H and O–H groups in total. The highest BCUT2D eigenvalue weighted by molar-refractivity contribution is 5.77. The lowest BCUT2D eigenvalue weighted by Crippen LogP contribution is -2.45. The van der Waals surface area contributed by atoms with Crippen molar-refractivity contribution in [3.05, 3.63) is 95.1 Å². The third-order valence-corrected chi connectivity index (χ3v) is 9.46. The number of esters is 1. The van der Waals surface area contributed by atoms with Crippen molar-refractivity contribution in [2.45, 2.75) is 115 Å². The van der Waals surface area contributed by atoms with Crippen molar-refractivity contribution in [2.75, 3.05) is 13.1 Å². The van der Waals surface area contributed by atoms with Gasteiger partial charge in [-0.05, 0) is 86.9 Å². The van der Waals surface area contributed by atoms with Gasteiger partial charge in [0.1, 0.15) is 11.6 Å². The first-order valence-electron chi connectivity index (χ1n) is 18.4. The Morgan fingerprint density at radius 1 is 0.865 bits per heavy atom. The molecular formula is C41H53N3O8. The van der Waals surface area contributed by atoms with Gasteiger partial charge >= 0.3 is 5.97 Å². The molecule has 280 valence electrons. The third-order valence-electron chi connectivity index (χ3n) is 9.46. The van der Waals surface area contributed by atoms with E-state index in [1.165, 1.54) is 0 Å². The van der Waals surface area contributed by atoms with Crippen LogP contribution in [0.2, 0.25) is 0 Å². The van der Waals surface area contributed by atoms with Gasteiger partial charge in [-0.1, -0.05) is 73.2 Å². The summed E-state index contributed by atoms with van der Waals surface area (Å²) in [6, 6.07) is 23.7. The Kier molecular flexibility index (Phi) is 14.0. The molecule has 3 aromatic rings. The largest absolute Gasteiger partial charge is 0.459 e. The number of rotatable bonds is 15. The Morgan fingerprint density at radius 3 is 2.27 bits per heavy atom. The number of ether oxygens (including phenoxy) is 3. The summed E-state index contributed by atoms with van der Waals surface area (Å²) >= 11 is 0. The molecule has 2 heterocycles. The molecular weight excluding hydrogens is 662 g/mol. The first kappa shape index (κ1) is 39.1. The molecule has 0 aliphatic carbocycles. The topological polar surface area (TPSA) is 147 Å². The number of carbonyl (C=O) groups is 3. The average Bonchev–Trinajstić information content (AvgIpc) is 3.61. The van der Waals surface area contributed by atoms with E-state index < -0.39 is 17.8 Å². The normalized spacial score (nSPS) is 20.7. The van der Waals surface area contributed by atoms with Gasteiger partial charge < -0.3 is 24.6 Å². The molecule has 2 amide bonds. The predicted molar refractivity (Wildman–Crippen MR) is 196 cm³/mol. The van der Waals surface area contributed by atoms with Crippen LogP contribution in [0.15, 0.2) is 72.8 Å². The van der Waals surface area contributed by atoms with E-state index >= 15 is 0 Å². The van der Waals surface area contributed by atoms with Crippen molar-refractivity contribution in [1.29, 1.82) is 0 Å². The summed E-state index contributed by atoms with van der Waals surface area (Å²) in [4.78, 5) is 38.8. The maximum absolute atomic E-state index is 13.1. The Balaban J connectivity index is 1.23. The number of benzene rings is 3. The van der Waals surface area contributed by atoms with E-state index in [0.29, 0.717) is 38.8 Å². The molecule has 2 fully saturated rings. The van der Waals surface area contributed by atoms with Crippen molar-refractivity contribution in [3.63, 3.8) is 0 Å². The molecule has 0 spiro atoms. The SMILES string of the molecule is CC(C)(C)OC(=O)[C@@H]1CCCN1C[C@@H]1C[C@H](c2ccc(CO)cc2)O[C@H](c2ccc(-c3cccc(CNC(=O)CCCCCC(=O)NO)c3)cc2)O1. The van der Waals surface area contributed by atoms with E-state index in [0.717, 1.165) is 59.2 Å². The first-order chi connectivity index (χ1) is 25.0. The van der Waals surface area contributed by atoms with Gasteiger partial charge in [0.15, 0.2) is 6.29 Å². The van der Waals surface area contributed by atoms with Crippen LogP contribution in [0.25, 0.3) is 11.1 Å². The number of aliphatic hydroxyl groups excluding tert-OH is 1. The number of aliphatic hydroxyl groups is 1. The second-order valence-corrected chi connectivity index (χ2v) is 14.7. The Labute approximate surface area is 306 Å². The zero-order chi connectivity index (χ0) is 37.1. The van der Waals surface area contributed by atoms with Gasteiger partial charge in [0.2, 0.25) is 11.8 Å². The van der Waals surface area contributed by atoms with Gasteiger partial charge in [-0.2, -0.15) is 0 Å². The molecule has 5 rings (SSSR count). The molecule has 52 heavy (non-hydrogen) atoms. The molecule has 2 aliphatic heterocycles. The minimum atomic E-state index is -0.619. The quantitative estimate of drug-likeness (QED) is 0.0619. The number of nitrogens with zero attached hydrogens (tertiary/aromatic N) is 1. The second-order valence-electron chi connectivity index (χ2n) is 14.7. The van der Waals surface area contributed by atoms with Crippen molar-refractivity contribution < 1.29 is 38.9 Å². The van der Waals surface area contributed by atoms with Crippen LogP contribution in [-0.4, -0.2) is 63.8 Å². The summed E-state index contributed by atoms with van der Waals surface area (Å²) in [7, 11) is 0. The number of likely N-dealkylation sites (tertiary alicyclic amines) is 1. The number of amides is 2. The van der Waals surface area contributed by atoms with Crippen molar-refractivity contribution in [2.24, 2.45) is 0 Å². The van der Waals surface area contributed by atoms with Crippen LogP contribution in [0.5, 0.6) is 0 Å². The van der Waals surface area contributed by atoms with Crippen LogP contribution in [0.4, 0.5) is 0 Å². The summed E-state index contributed by atoms with van der Waals surface area (Å²) in [5.41, 5.74) is 6.82. The fourth-order valence-corrected chi connectivity index (χ4v) is 6.76. The number of hydroxylamine groups is 1. The molecule has 2 saturated heterocycles. The van der Waals surface area contributed by atoms with Gasteiger partial charge in [0.05, 0.1) is 18.8 Å². The van der Waals surface area contributed by atoms with Crippen LogP contribution in [0, 0.1) is 0 Å². The van der Waals surface area contributed by atoms with Crippen molar-refractivity contribution in [3.8, 4) is 11.1 Å². The first-order valence-corrected chi connectivity index (χ1v) is 18.4. The van der Waals surface area contributed by atoms with E-state index in [9.17, 15) is 19.5 Å². The summed E-state index contributed by atoms with van der Waals surface area (Å²) < 4.78 is 18.9. The van der Waals surface area contributed by atoms with Crippen LogP contribution in [0.3, 0.4) is 0 Å². The van der Waals surface area contributed by atoms with E-state index in [4.69, 9.17) is 19.4 Å². The van der Waals surface area contributed by atoms with Gasteiger partial charge in [-0.25, -0.2) is 5.48 Å². The predicted octanol–water partition coefficient (Wildman–Crippen LogP) is 6.27. The van der Waals surface area contributed by atoms with Gasteiger partial charge in [-0.3, -0.25) is 24.5 Å². The molecule has 0 unspecified atom stereocenters. The summed E-state index contributed by atoms with van der Waals surface area (Å²) in [5, 5.41) is 21.1. The Hall–Kier alpha value is -4.13. The summed E-state index contributed by atoms with van der Waals surface area (Å²) in [5.74, 6) is -0.645. The summed E-state index contributed by atoms with van der Waals surface area (Å²) in [6.45, 7) is 7.45. The molecule has 11 heteroatoms. The number of unbranched alkanes of at least 4 members (excludes halogenated alkanes) is 2. The van der Waals surface area contributed by atoms with Gasteiger partial charge in [0, 0.05) is 37.9 Å². The highest BCUT2D eigenvalue weighted by Gasteiger charge is 2.39. The fourth-order valence-electron chi connectivity index (χ4n) is 6.76. The highest BCUT2D eigenvalue weighted by atomic mass is 16.7. The zero-order valence-corrected chi connectivity index (χ0v) is 30.5. The van der Waals surface area contributed by atoms with Gasteiger partial charge in [0.25, 0.3) is 0 Å². The average molecular weight is 716 g/mol. The third kappa shape index (κ3) is 11.4. The van der Waals surface area contributed by atoms with Gasteiger partial charge in [-0.15, -0.1) is 0 Å². The lowest BCUT2D eigenvalue weighted by atomic mass is 9.98. The molecule has 0 radical (unpaired) electrons. The number of nitrogens with one attached hydrogen (secondary N) is 2. The maximum Gasteiger partial charge on any atom is 0.323 e. The smallest absolute Gasteiger partial charge is 0.323 e. The second kappa shape index (κ2) is 18.6. The van der Waals surface area contributed by atoms with E-state index in [1.54, 1.807) is 5.48 Å². The van der Waals surface area contributed by atoms with Crippen LogP contribution in [0.1, 0.15) is 107 Å². The van der Waals surface area contributed by atoms with Crippen LogP contribution >= 0.6 is 0 Å². The number of hydrogen-bond donors (Lipinski definition) is 4. The van der Waals surface area contributed by atoms with Crippen molar-refractivity contribution >= 4 is 17.8 Å². The Morgan fingerprint density at radius 2 is 1.58 bits per heavy atom. The van der Waals surface area contributed by atoms with E-state index in [-0.39, 0.29) is 43.2 Å². The molecule has 11 nitrogen and oxygen atoms in total. The molecule has 0 bridgehead atoms. The van der Waals surface area contributed by atoms with E-state index in [2.05, 4.69) is 16.3 Å². The lowest BCUT2D eigenvalue weighted by Gasteiger charge is -2.38. The standard InChI is InChI=1S/C41H53N3O8/c1-41(2,3)52-39(48)35-11-8-22-44(35)26-34-24-36(31-16-14-28(27-45)15-17-31)51-40(50-34)32-20-18-30(19-21-32)33-10-7-9-29(23-33)25-42-37(46)12-5-4-6-13-38(47)43-49/h7,9-10,14-21,23,34-36,40,45,49H,4-6,8,11-13,22,24-27H2,1-3H3,(H,42,46)(H,43,47)/t34-,35-,36+,40+/m0/s1. The molecule has 3 aromatic carbocycles. The number of carbonyl (C=O) groups excluding carboxylic acids is 3. The van der Waals surface area contributed by atoms with Crippen LogP contribution in [-0.2, 0) is 41.7 Å². The lowest BCUT2D eigenvalue weighted by molar-refractivity contribution is -0.253. The molecule has 4 atom stereocenters. The van der Waals surface area contributed by atoms with Crippen LogP contribution < -0.4 is 10.8 Å². The van der Waals surface area contributed by atoms with E-state index in [1.807, 2.05) is 87.5 Å². The highest BCUT2D eigenvalue weighted by Crippen LogP contribution is 2.39. The molecule has 0 aromatic heterocycles. The maximum atomic E-state index is 13.1. The summed E-state index contributed by atoms with van der Waals surface area (Å²) in [6.07, 6.45) is 3.91. The van der Waals surface area contributed by atoms with Crippen molar-refractivity contribution in [1.82, 2.24) is 15.7 Å².